The van der Waals surface area contributed by atoms with Crippen LogP contribution in [0, 0.1) is 11.8 Å². The van der Waals surface area contributed by atoms with E-state index in [4.69, 9.17) is 0 Å². The molecule has 2 aliphatic heterocycles. The van der Waals surface area contributed by atoms with Gasteiger partial charge in [0.1, 0.15) is 5.69 Å². The number of amides is 1. The molecule has 7 nitrogen and oxygen atoms in total. The first-order valence-electron chi connectivity index (χ1n) is 11.5. The first kappa shape index (κ1) is 21.8. The number of rotatable bonds is 6. The van der Waals surface area contributed by atoms with Crippen molar-refractivity contribution in [1.82, 2.24) is 24.1 Å². The number of piperidine rings is 1. The minimum Gasteiger partial charge on any atom is -0.336 e. The van der Waals surface area contributed by atoms with Crippen molar-refractivity contribution >= 4 is 5.91 Å². The van der Waals surface area contributed by atoms with Crippen LogP contribution in [0.3, 0.4) is 0 Å². The number of carbonyl (C=O) groups is 1. The molecule has 0 aliphatic carbocycles. The number of nitrogens with zero attached hydrogens (tertiary/aromatic N) is 5. The van der Waals surface area contributed by atoms with E-state index in [-0.39, 0.29) is 17.4 Å². The molecule has 2 bridgehead atoms. The van der Waals surface area contributed by atoms with Crippen LogP contribution in [0.15, 0.2) is 23.0 Å². The molecule has 0 N–H and O–H groups in total. The summed E-state index contributed by atoms with van der Waals surface area (Å²) < 4.78 is 3.81. The Morgan fingerprint density at radius 2 is 2.00 bits per heavy atom. The van der Waals surface area contributed by atoms with E-state index in [2.05, 4.69) is 25.0 Å². The van der Waals surface area contributed by atoms with Gasteiger partial charge >= 0.3 is 0 Å². The summed E-state index contributed by atoms with van der Waals surface area (Å²) in [4.78, 5) is 30.5. The van der Waals surface area contributed by atoms with Gasteiger partial charge in [-0.1, -0.05) is 19.9 Å². The molecule has 2 aromatic heterocycles. The van der Waals surface area contributed by atoms with Crippen molar-refractivity contribution in [3.8, 4) is 0 Å². The summed E-state index contributed by atoms with van der Waals surface area (Å²) in [5.74, 6) is 1.10. The van der Waals surface area contributed by atoms with Gasteiger partial charge in [0, 0.05) is 49.9 Å². The lowest BCUT2D eigenvalue weighted by molar-refractivity contribution is 0.0582. The van der Waals surface area contributed by atoms with Gasteiger partial charge in [0.15, 0.2) is 0 Å². The van der Waals surface area contributed by atoms with E-state index in [9.17, 15) is 9.59 Å². The topological polar surface area (TPSA) is 63.4 Å². The van der Waals surface area contributed by atoms with Gasteiger partial charge in [0.05, 0.1) is 5.69 Å². The van der Waals surface area contributed by atoms with Crippen LogP contribution >= 0.6 is 0 Å². The maximum atomic E-state index is 13.5. The number of aryl methyl sites for hydroxylation is 1. The number of hydrogen-bond donors (Lipinski definition) is 0. The molecule has 168 valence electrons. The van der Waals surface area contributed by atoms with Crippen LogP contribution in [0.5, 0.6) is 0 Å². The quantitative estimate of drug-likeness (QED) is 0.714. The van der Waals surface area contributed by atoms with Gasteiger partial charge in [0.2, 0.25) is 0 Å². The highest BCUT2D eigenvalue weighted by Gasteiger charge is 2.37. The summed E-state index contributed by atoms with van der Waals surface area (Å²) in [7, 11) is 3.96. The predicted octanol–water partition coefficient (Wildman–Crippen LogP) is 2.58. The van der Waals surface area contributed by atoms with E-state index >= 15 is 0 Å². The normalized spacial score (nSPS) is 20.4. The number of aromatic nitrogens is 3. The van der Waals surface area contributed by atoms with Crippen molar-refractivity contribution < 1.29 is 4.79 Å². The molecule has 4 heterocycles. The number of likely N-dealkylation sites (tertiary alicyclic amines) is 1. The third kappa shape index (κ3) is 4.33. The highest BCUT2D eigenvalue weighted by Crippen LogP contribution is 2.35. The molecular formula is C24H35N5O2. The van der Waals surface area contributed by atoms with Crippen molar-refractivity contribution in [2.45, 2.75) is 59.2 Å². The number of carbonyl (C=O) groups excluding carboxylic acids is 1. The van der Waals surface area contributed by atoms with Crippen molar-refractivity contribution in [3.05, 3.63) is 51.2 Å². The first-order chi connectivity index (χ1) is 14.8. The fourth-order valence-electron chi connectivity index (χ4n) is 5.18. The summed E-state index contributed by atoms with van der Waals surface area (Å²) >= 11 is 0. The smallest absolute Gasteiger partial charge is 0.272 e. The van der Waals surface area contributed by atoms with Gasteiger partial charge < -0.3 is 14.4 Å². The Hall–Kier alpha value is -2.41. The van der Waals surface area contributed by atoms with Crippen molar-refractivity contribution in [3.63, 3.8) is 0 Å². The molecule has 0 spiro atoms. The third-order valence-corrected chi connectivity index (χ3v) is 6.42. The Kier molecular flexibility index (Phi) is 6.06. The van der Waals surface area contributed by atoms with Crippen molar-refractivity contribution in [2.75, 3.05) is 27.2 Å². The molecule has 0 aromatic carbocycles. The van der Waals surface area contributed by atoms with E-state index in [0.29, 0.717) is 50.3 Å². The van der Waals surface area contributed by atoms with Crippen molar-refractivity contribution in [1.29, 1.82) is 0 Å². The lowest BCUT2D eigenvalue weighted by atomic mass is 9.83. The van der Waals surface area contributed by atoms with Crippen LogP contribution in [0.1, 0.15) is 60.5 Å². The number of pyridine rings is 1. The van der Waals surface area contributed by atoms with Gasteiger partial charge in [-0.25, -0.2) is 0 Å². The van der Waals surface area contributed by atoms with Crippen molar-refractivity contribution in [2.24, 2.45) is 11.8 Å². The Balaban J connectivity index is 1.58. The van der Waals surface area contributed by atoms with Crippen LogP contribution in [0.4, 0.5) is 0 Å². The fourth-order valence-corrected chi connectivity index (χ4v) is 5.18. The van der Waals surface area contributed by atoms with Gasteiger partial charge in [-0.05, 0) is 57.8 Å². The minimum absolute atomic E-state index is 0.0686. The zero-order valence-corrected chi connectivity index (χ0v) is 19.5. The standard InChI is InChI=1S/C24H35N5O2/c1-6-29-22(11-20(25-29)9-16(2)3)24(31)27-12-17-10-19(15-27)21-8-7-18(14-26(4)5)23(30)28(21)13-17/h7-8,11,16-17,19H,6,9-10,12-15H2,1-5H3/t17-,19+/m0/s1. The molecule has 4 rings (SSSR count). The predicted molar refractivity (Wildman–Crippen MR) is 121 cm³/mol. The largest absolute Gasteiger partial charge is 0.336 e. The highest BCUT2D eigenvalue weighted by molar-refractivity contribution is 5.93. The maximum absolute atomic E-state index is 13.5. The molecule has 2 aromatic rings. The Morgan fingerprint density at radius 1 is 1.23 bits per heavy atom. The van der Waals surface area contributed by atoms with Crippen LogP contribution in [-0.4, -0.2) is 57.2 Å². The number of hydrogen-bond acceptors (Lipinski definition) is 4. The molecule has 2 aliphatic rings. The molecule has 1 saturated heterocycles. The van der Waals surface area contributed by atoms with Gasteiger partial charge in [-0.3, -0.25) is 14.3 Å². The second-order valence-corrected chi connectivity index (χ2v) is 9.88. The van der Waals surface area contributed by atoms with E-state index < -0.39 is 0 Å². The van der Waals surface area contributed by atoms with Gasteiger partial charge in [0.25, 0.3) is 11.5 Å². The molecule has 1 amide bonds. The third-order valence-electron chi connectivity index (χ3n) is 6.42. The monoisotopic (exact) mass is 425 g/mol. The highest BCUT2D eigenvalue weighted by atomic mass is 16.2. The van der Waals surface area contributed by atoms with Crippen LogP contribution in [-0.2, 0) is 26.1 Å². The minimum atomic E-state index is 0.0686. The van der Waals surface area contributed by atoms with Gasteiger partial charge in [-0.2, -0.15) is 5.10 Å². The van der Waals surface area contributed by atoms with E-state index in [0.717, 1.165) is 29.8 Å². The molecule has 2 atom stereocenters. The lowest BCUT2D eigenvalue weighted by Crippen LogP contribution is -2.49. The molecule has 1 fully saturated rings. The summed E-state index contributed by atoms with van der Waals surface area (Å²) in [6, 6.07) is 6.05. The Morgan fingerprint density at radius 3 is 2.68 bits per heavy atom. The molecular weight excluding hydrogens is 390 g/mol. The molecule has 0 saturated carbocycles. The summed E-state index contributed by atoms with van der Waals surface area (Å²) in [5.41, 5.74) is 3.72. The van der Waals surface area contributed by atoms with E-state index in [1.165, 1.54) is 0 Å². The van der Waals surface area contributed by atoms with E-state index in [1.807, 2.05) is 52.2 Å². The first-order valence-corrected chi connectivity index (χ1v) is 11.5. The van der Waals surface area contributed by atoms with Crippen LogP contribution in [0.2, 0.25) is 0 Å². The molecule has 31 heavy (non-hydrogen) atoms. The average Bonchev–Trinajstić information content (AvgIpc) is 3.11. The second kappa shape index (κ2) is 8.61. The second-order valence-electron chi connectivity index (χ2n) is 9.88. The Labute approximate surface area is 184 Å². The summed E-state index contributed by atoms with van der Waals surface area (Å²) in [5, 5.41) is 4.66. The van der Waals surface area contributed by atoms with Gasteiger partial charge in [-0.15, -0.1) is 0 Å². The number of fused-ring (bicyclic) bond motifs is 4. The van der Waals surface area contributed by atoms with E-state index in [1.54, 1.807) is 0 Å². The molecule has 0 radical (unpaired) electrons. The summed E-state index contributed by atoms with van der Waals surface area (Å²) in [6.07, 6.45) is 1.92. The summed E-state index contributed by atoms with van der Waals surface area (Å²) in [6.45, 7) is 9.77. The molecule has 7 heteroatoms. The fraction of sp³-hybridized carbons (Fsp3) is 0.625. The zero-order chi connectivity index (χ0) is 22.3. The maximum Gasteiger partial charge on any atom is 0.272 e. The zero-order valence-electron chi connectivity index (χ0n) is 19.5. The molecule has 0 unspecified atom stereocenters. The van der Waals surface area contributed by atoms with Crippen LogP contribution in [0.25, 0.3) is 0 Å². The SMILES string of the molecule is CCn1nc(CC(C)C)cc1C(=O)N1C[C@@H]2C[C@H](C1)c1ccc(CN(C)C)c(=O)n1C2. The van der Waals surface area contributed by atoms with Crippen LogP contribution < -0.4 is 5.56 Å². The lowest BCUT2D eigenvalue weighted by Gasteiger charge is -2.43. The Bertz CT molecular complexity index is 1020. The average molecular weight is 426 g/mol.